The Bertz CT molecular complexity index is 1280. The Labute approximate surface area is 262 Å². The van der Waals surface area contributed by atoms with E-state index in [1.165, 1.54) is 0 Å². The lowest BCUT2D eigenvalue weighted by atomic mass is 9.80. The zero-order valence-electron chi connectivity index (χ0n) is 25.4. The highest BCUT2D eigenvalue weighted by molar-refractivity contribution is 7.30. The first-order chi connectivity index (χ1) is 21.6. The molecule has 0 radical (unpaired) electrons. The van der Waals surface area contributed by atoms with Crippen LogP contribution in [0.15, 0.2) is 78.9 Å². The SMILES string of the molecule is COc1ccc(C(OCCCCCCC(CCCO[P+](=O)[O-])NC(=O)C(F)(F)F)(c2ccccc2)c2ccc(OC)cc2)cc1. The van der Waals surface area contributed by atoms with Crippen LogP contribution >= 0.6 is 8.25 Å². The van der Waals surface area contributed by atoms with Crippen LogP contribution in [0.1, 0.15) is 61.6 Å². The molecule has 0 spiro atoms. The minimum Gasteiger partial charge on any atom is -0.566 e. The van der Waals surface area contributed by atoms with Crippen molar-refractivity contribution in [2.75, 3.05) is 27.4 Å². The van der Waals surface area contributed by atoms with Gasteiger partial charge in [-0.2, -0.15) is 13.2 Å². The van der Waals surface area contributed by atoms with Crippen LogP contribution < -0.4 is 19.7 Å². The highest BCUT2D eigenvalue weighted by atomic mass is 31.1. The lowest BCUT2D eigenvalue weighted by Crippen LogP contribution is -2.43. The smallest absolute Gasteiger partial charge is 0.488 e. The second kappa shape index (κ2) is 17.8. The number of methoxy groups -OCH3 is 2. The van der Waals surface area contributed by atoms with Gasteiger partial charge in [0, 0.05) is 12.6 Å². The van der Waals surface area contributed by atoms with Crippen molar-refractivity contribution in [1.82, 2.24) is 5.32 Å². The maximum atomic E-state index is 12.8. The molecule has 8 nitrogen and oxygen atoms in total. The molecule has 1 amide bonds. The highest BCUT2D eigenvalue weighted by Gasteiger charge is 2.40. The van der Waals surface area contributed by atoms with Gasteiger partial charge in [0.25, 0.3) is 0 Å². The average molecular weight is 650 g/mol. The van der Waals surface area contributed by atoms with Gasteiger partial charge in [0.15, 0.2) is 0 Å². The zero-order chi connectivity index (χ0) is 32.7. The maximum absolute atomic E-state index is 12.8. The van der Waals surface area contributed by atoms with Gasteiger partial charge in [0.2, 0.25) is 0 Å². The van der Waals surface area contributed by atoms with Gasteiger partial charge in [-0.05, 0) is 71.2 Å². The molecule has 12 heteroatoms. The first kappa shape index (κ1) is 36.0. The number of hydrogen-bond donors (Lipinski definition) is 1. The van der Waals surface area contributed by atoms with Crippen molar-refractivity contribution in [3.8, 4) is 11.5 Å². The number of carbonyl (C=O) groups is 1. The fourth-order valence-electron chi connectivity index (χ4n) is 5.17. The molecule has 3 rings (SSSR count). The van der Waals surface area contributed by atoms with Gasteiger partial charge >= 0.3 is 20.3 Å². The van der Waals surface area contributed by atoms with Gasteiger partial charge < -0.3 is 24.4 Å². The summed E-state index contributed by atoms with van der Waals surface area (Å²) >= 11 is 0. The summed E-state index contributed by atoms with van der Waals surface area (Å²) in [5.74, 6) is -0.576. The molecule has 0 saturated carbocycles. The fraction of sp³-hybridized carbons (Fsp3) is 0.424. The second-order valence-corrected chi connectivity index (χ2v) is 11.1. The summed E-state index contributed by atoms with van der Waals surface area (Å²) in [5.41, 5.74) is 1.82. The van der Waals surface area contributed by atoms with E-state index in [0.29, 0.717) is 43.8 Å². The number of nitrogens with one attached hydrogen (secondary N) is 1. The summed E-state index contributed by atoms with van der Waals surface area (Å²) in [6.45, 7) is 0.242. The van der Waals surface area contributed by atoms with Gasteiger partial charge in [-0.25, -0.2) is 0 Å². The van der Waals surface area contributed by atoms with Crippen LogP contribution in [0, 0.1) is 0 Å². The van der Waals surface area contributed by atoms with Crippen molar-refractivity contribution >= 4 is 14.2 Å². The normalized spacial score (nSPS) is 12.8. The third-order valence-corrected chi connectivity index (χ3v) is 7.82. The van der Waals surface area contributed by atoms with Gasteiger partial charge in [-0.3, -0.25) is 4.79 Å². The molecular weight excluding hydrogens is 610 g/mol. The van der Waals surface area contributed by atoms with E-state index in [1.807, 2.05) is 84.2 Å². The van der Waals surface area contributed by atoms with E-state index >= 15 is 0 Å². The number of benzene rings is 3. The Balaban J connectivity index is 1.68. The van der Waals surface area contributed by atoms with Crippen molar-refractivity contribution in [2.45, 2.75) is 62.8 Å². The van der Waals surface area contributed by atoms with E-state index in [1.54, 1.807) is 14.2 Å². The lowest BCUT2D eigenvalue weighted by molar-refractivity contribution is -0.185. The van der Waals surface area contributed by atoms with Crippen LogP contribution in [0.5, 0.6) is 11.5 Å². The van der Waals surface area contributed by atoms with Gasteiger partial charge in [-0.1, -0.05) is 73.9 Å². The van der Waals surface area contributed by atoms with Crippen molar-refractivity contribution < 1.29 is 46.2 Å². The first-order valence-electron chi connectivity index (χ1n) is 14.7. The van der Waals surface area contributed by atoms with Crippen LogP contribution in [0.3, 0.4) is 0 Å². The molecule has 45 heavy (non-hydrogen) atoms. The molecule has 0 saturated heterocycles. The van der Waals surface area contributed by atoms with E-state index < -0.39 is 32.0 Å². The first-order valence-corrected chi connectivity index (χ1v) is 15.8. The summed E-state index contributed by atoms with van der Waals surface area (Å²) in [7, 11) is 0.185. The minimum atomic E-state index is -5.00. The molecule has 3 aromatic rings. The molecule has 0 aliphatic rings. The molecule has 1 N–H and O–H groups in total. The van der Waals surface area contributed by atoms with E-state index in [9.17, 15) is 27.4 Å². The molecule has 0 heterocycles. The van der Waals surface area contributed by atoms with Crippen molar-refractivity contribution in [1.29, 1.82) is 0 Å². The predicted molar refractivity (Wildman–Crippen MR) is 162 cm³/mol. The number of amides is 1. The second-order valence-electron chi connectivity index (χ2n) is 10.4. The van der Waals surface area contributed by atoms with Crippen LogP contribution in [0.2, 0.25) is 0 Å². The minimum absolute atomic E-state index is 0.153. The number of rotatable bonds is 19. The Morgan fingerprint density at radius 3 is 1.78 bits per heavy atom. The Kier molecular flexibility index (Phi) is 14.3. The summed E-state index contributed by atoms with van der Waals surface area (Å²) < 4.78 is 71.1. The topological polar surface area (TPSA) is 106 Å². The molecule has 0 fully saturated rings. The standard InChI is InChI=1S/C33H39F3NO7P/c1-41-29-19-15-26(16-20-29)32(25-11-6-5-7-12-25,27-17-21-30(42-2)22-18-27)43-23-9-4-3-8-13-28(14-10-24-44-45(39)40)37-31(38)33(34,35)36/h5-7,11-12,15-22,28H,3-4,8-10,13-14,23-24H2,1-2H3,(H,37,38). The number of unbranched alkanes of at least 4 members (excludes halogenated alkanes) is 3. The molecule has 0 aromatic heterocycles. The Hall–Kier alpha value is -3.50. The van der Waals surface area contributed by atoms with Gasteiger partial charge in [-0.15, -0.1) is 4.52 Å². The Morgan fingerprint density at radius 1 is 0.756 bits per heavy atom. The van der Waals surface area contributed by atoms with Gasteiger partial charge in [0.05, 0.1) is 14.2 Å². The van der Waals surface area contributed by atoms with Crippen LogP contribution in [0.25, 0.3) is 0 Å². The molecular formula is C33H39F3NO7P. The molecule has 244 valence electrons. The van der Waals surface area contributed by atoms with Crippen LogP contribution in [-0.4, -0.2) is 45.6 Å². The molecule has 3 aromatic carbocycles. The molecule has 0 bridgehead atoms. The third-order valence-electron chi connectivity index (χ3n) is 7.43. The largest absolute Gasteiger partial charge is 0.566 e. The summed E-state index contributed by atoms with van der Waals surface area (Å²) in [6, 6.07) is 24.6. The van der Waals surface area contributed by atoms with Crippen molar-refractivity contribution in [2.24, 2.45) is 0 Å². The summed E-state index contributed by atoms with van der Waals surface area (Å²) in [4.78, 5) is 22.1. The third kappa shape index (κ3) is 10.8. The molecule has 2 atom stereocenters. The number of ether oxygens (including phenoxy) is 3. The lowest BCUT2D eigenvalue weighted by Gasteiger charge is -2.36. The molecule has 0 aliphatic carbocycles. The highest BCUT2D eigenvalue weighted by Crippen LogP contribution is 2.41. The number of halogens is 3. The number of hydrogen-bond acceptors (Lipinski definition) is 7. The quantitative estimate of drug-likeness (QED) is 0.0863. The van der Waals surface area contributed by atoms with Crippen molar-refractivity contribution in [3.63, 3.8) is 0 Å². The maximum Gasteiger partial charge on any atom is 0.488 e. The van der Waals surface area contributed by atoms with E-state index in [-0.39, 0.29) is 19.4 Å². The summed E-state index contributed by atoms with van der Waals surface area (Å²) in [6.07, 6.45) is -1.62. The molecule has 0 aliphatic heterocycles. The van der Waals surface area contributed by atoms with Crippen LogP contribution in [0.4, 0.5) is 13.2 Å². The average Bonchev–Trinajstić information content (AvgIpc) is 3.04. The zero-order valence-corrected chi connectivity index (χ0v) is 26.3. The van der Waals surface area contributed by atoms with E-state index in [2.05, 4.69) is 4.52 Å². The summed E-state index contributed by atoms with van der Waals surface area (Å²) in [5, 5.41) is 2.02. The monoisotopic (exact) mass is 649 g/mol. The van der Waals surface area contributed by atoms with Crippen LogP contribution in [-0.2, 0) is 24.2 Å². The van der Waals surface area contributed by atoms with Gasteiger partial charge in [0.1, 0.15) is 23.7 Å². The molecule has 2 unspecified atom stereocenters. The number of carbonyl (C=O) groups excluding carboxylic acids is 1. The van der Waals surface area contributed by atoms with E-state index in [4.69, 9.17) is 14.2 Å². The number of alkyl halides is 3. The predicted octanol–water partition coefficient (Wildman–Crippen LogP) is 6.82. The fourth-order valence-corrected chi connectivity index (χ4v) is 5.45. The van der Waals surface area contributed by atoms with Crippen molar-refractivity contribution in [3.05, 3.63) is 95.6 Å². The Morgan fingerprint density at radius 2 is 1.27 bits per heavy atom. The van der Waals surface area contributed by atoms with E-state index in [0.717, 1.165) is 23.1 Å².